The molecule has 0 bridgehead atoms. The smallest absolute Gasteiger partial charge is 0.273 e. The zero-order valence-corrected chi connectivity index (χ0v) is 17.5. The largest absolute Gasteiger partial charge is 0.492 e. The van der Waals surface area contributed by atoms with Crippen LogP contribution in [0.5, 0.6) is 5.75 Å². The van der Waals surface area contributed by atoms with Crippen LogP contribution < -0.4 is 20.7 Å². The highest BCUT2D eigenvalue weighted by Crippen LogP contribution is 2.36. The van der Waals surface area contributed by atoms with Crippen molar-refractivity contribution >= 4 is 29.1 Å². The average Bonchev–Trinajstić information content (AvgIpc) is 3.49. The molecule has 33 heavy (non-hydrogen) atoms. The quantitative estimate of drug-likeness (QED) is 0.364. The van der Waals surface area contributed by atoms with Crippen molar-refractivity contribution in [3.05, 3.63) is 29.9 Å². The van der Waals surface area contributed by atoms with Gasteiger partial charge in [-0.05, 0) is 24.8 Å². The normalized spacial score (nSPS) is 14.5. The lowest BCUT2D eigenvalue weighted by Gasteiger charge is -2.15. The summed E-state index contributed by atoms with van der Waals surface area (Å²) < 4.78 is 32.4. The molecule has 2 amide bonds. The lowest BCUT2D eigenvalue weighted by molar-refractivity contribution is -0.116. The number of nitrogens with zero attached hydrogens (tertiary/aromatic N) is 5. The van der Waals surface area contributed by atoms with Gasteiger partial charge in [0.05, 0.1) is 18.4 Å². The van der Waals surface area contributed by atoms with E-state index in [2.05, 4.69) is 36.0 Å². The van der Waals surface area contributed by atoms with Gasteiger partial charge in [-0.2, -0.15) is 4.98 Å². The maximum absolute atomic E-state index is 12.6. The molecule has 0 unspecified atom stereocenters. The molecular formula is C20H22N8O5. The second-order valence-corrected chi connectivity index (χ2v) is 7.18. The summed E-state index contributed by atoms with van der Waals surface area (Å²) in [6, 6.07) is 2.88. The van der Waals surface area contributed by atoms with E-state index in [1.165, 1.54) is 19.4 Å². The number of ether oxygens (including phenoxy) is 1. The molecule has 172 valence electrons. The van der Waals surface area contributed by atoms with Crippen molar-refractivity contribution < 1.29 is 28.1 Å². The van der Waals surface area contributed by atoms with Crippen LogP contribution >= 0.6 is 0 Å². The van der Waals surface area contributed by atoms with Crippen LogP contribution in [0.25, 0.3) is 11.4 Å². The van der Waals surface area contributed by atoms with Crippen molar-refractivity contribution in [1.29, 1.82) is 0 Å². The molecule has 0 spiro atoms. The van der Waals surface area contributed by atoms with Crippen molar-refractivity contribution in [3.63, 3.8) is 0 Å². The van der Waals surface area contributed by atoms with Crippen molar-refractivity contribution in [2.75, 3.05) is 24.7 Å². The minimum atomic E-state index is -2.77. The van der Waals surface area contributed by atoms with Gasteiger partial charge in [-0.3, -0.25) is 9.59 Å². The Morgan fingerprint density at radius 1 is 1.36 bits per heavy atom. The number of aliphatic hydroxyl groups excluding tert-OH is 1. The van der Waals surface area contributed by atoms with Gasteiger partial charge in [0.15, 0.2) is 23.1 Å². The van der Waals surface area contributed by atoms with Gasteiger partial charge in [-0.1, -0.05) is 5.16 Å². The first-order chi connectivity index (χ1) is 17.2. The van der Waals surface area contributed by atoms with Crippen molar-refractivity contribution in [3.8, 4) is 17.1 Å². The second kappa shape index (κ2) is 9.56. The molecule has 13 nitrogen and oxygen atoms in total. The van der Waals surface area contributed by atoms with Crippen LogP contribution in [0.1, 0.15) is 39.8 Å². The zero-order valence-electron chi connectivity index (χ0n) is 20.5. The van der Waals surface area contributed by atoms with E-state index in [1.807, 2.05) is 5.32 Å². The number of hydrogen-bond acceptors (Lipinski definition) is 11. The van der Waals surface area contributed by atoms with Gasteiger partial charge < -0.3 is 30.3 Å². The maximum Gasteiger partial charge on any atom is 0.273 e. The molecule has 4 rings (SSSR count). The molecule has 13 heteroatoms. The number of methoxy groups -OCH3 is 1. The van der Waals surface area contributed by atoms with E-state index in [9.17, 15) is 14.7 Å². The number of aliphatic hydroxyl groups is 1. The van der Waals surface area contributed by atoms with E-state index >= 15 is 0 Å². The predicted octanol–water partition coefficient (Wildman–Crippen LogP) is 1.26. The Bertz CT molecular complexity index is 1280. The molecule has 3 aromatic heterocycles. The third-order valence-electron chi connectivity index (χ3n) is 4.77. The number of aromatic nitrogens is 5. The first-order valence-corrected chi connectivity index (χ1v) is 9.90. The van der Waals surface area contributed by atoms with Crippen molar-refractivity contribution in [2.45, 2.75) is 25.9 Å². The summed E-state index contributed by atoms with van der Waals surface area (Å²) in [5, 5.41) is 28.0. The molecule has 0 radical (unpaired) electrons. The SMILES string of the molecule is [2H]C([2H])([2H])NC(=O)c1nnc(NC(=O)CC2CC2)cc1Nc1nccc(-c2noc(CO)n2)c1OC. The lowest BCUT2D eigenvalue weighted by atomic mass is 10.2. The predicted molar refractivity (Wildman–Crippen MR) is 115 cm³/mol. The van der Waals surface area contributed by atoms with Crippen LogP contribution in [-0.4, -0.2) is 56.3 Å². The van der Waals surface area contributed by atoms with Gasteiger partial charge in [0, 0.05) is 29.8 Å². The summed E-state index contributed by atoms with van der Waals surface area (Å²) in [6.07, 6.45) is 3.72. The topological polar surface area (TPSA) is 177 Å². The molecular weight excluding hydrogens is 432 g/mol. The number of anilines is 3. The molecule has 3 aromatic rings. The molecule has 1 aliphatic carbocycles. The van der Waals surface area contributed by atoms with E-state index in [-0.39, 0.29) is 46.4 Å². The van der Waals surface area contributed by atoms with E-state index in [0.29, 0.717) is 17.9 Å². The highest BCUT2D eigenvalue weighted by Gasteiger charge is 2.25. The first-order valence-electron chi connectivity index (χ1n) is 11.4. The Morgan fingerprint density at radius 3 is 2.91 bits per heavy atom. The molecule has 1 fully saturated rings. The summed E-state index contributed by atoms with van der Waals surface area (Å²) in [5.41, 5.74) is -0.00444. The summed E-state index contributed by atoms with van der Waals surface area (Å²) >= 11 is 0. The molecule has 3 heterocycles. The zero-order chi connectivity index (χ0) is 25.9. The molecule has 0 aliphatic heterocycles. The van der Waals surface area contributed by atoms with Gasteiger partial charge >= 0.3 is 0 Å². The number of amides is 2. The highest BCUT2D eigenvalue weighted by atomic mass is 16.5. The molecule has 4 N–H and O–H groups in total. The number of hydrogen-bond donors (Lipinski definition) is 4. The van der Waals surface area contributed by atoms with Crippen LogP contribution in [0.3, 0.4) is 0 Å². The monoisotopic (exact) mass is 457 g/mol. The van der Waals surface area contributed by atoms with E-state index in [1.54, 1.807) is 6.07 Å². The summed E-state index contributed by atoms with van der Waals surface area (Å²) in [7, 11) is 1.37. The molecule has 1 saturated carbocycles. The average molecular weight is 457 g/mol. The van der Waals surface area contributed by atoms with Crippen LogP contribution in [-0.2, 0) is 11.4 Å². The van der Waals surface area contributed by atoms with Crippen LogP contribution in [0.2, 0.25) is 0 Å². The van der Waals surface area contributed by atoms with E-state index in [4.69, 9.17) is 13.4 Å². The molecule has 0 aromatic carbocycles. The minimum absolute atomic E-state index is 0.000538. The second-order valence-electron chi connectivity index (χ2n) is 7.18. The van der Waals surface area contributed by atoms with Gasteiger partial charge in [0.1, 0.15) is 6.61 Å². The summed E-state index contributed by atoms with van der Waals surface area (Å²) in [5.74, 6) is -0.539. The first kappa shape index (κ1) is 18.4. The Kier molecular flexibility index (Phi) is 5.34. The fourth-order valence-electron chi connectivity index (χ4n) is 3.03. The van der Waals surface area contributed by atoms with Gasteiger partial charge in [0.25, 0.3) is 11.8 Å². The van der Waals surface area contributed by atoms with E-state index in [0.717, 1.165) is 12.8 Å². The minimum Gasteiger partial charge on any atom is -0.492 e. The van der Waals surface area contributed by atoms with Crippen molar-refractivity contribution in [1.82, 2.24) is 30.6 Å². The number of carbonyl (C=O) groups is 2. The Hall–Kier alpha value is -4.13. The maximum atomic E-state index is 12.6. The summed E-state index contributed by atoms with van der Waals surface area (Å²) in [4.78, 5) is 33.1. The Balaban J connectivity index is 1.69. The third-order valence-corrected chi connectivity index (χ3v) is 4.77. The standard InChI is InChI=1S/C20H22N8O5/c1-21-20(31)16-12(8-13(26-27-16)24-14(30)7-10-3-4-10)23-19-17(32-2)11(5-6-22-19)18-25-15(9-29)33-28-18/h5-6,8,10,29H,3-4,7,9H2,1-2H3,(H,21,31)(H2,22,23,24,26,30)/i1D3. The number of carbonyl (C=O) groups excluding carboxylic acids is 2. The number of rotatable bonds is 9. The van der Waals surface area contributed by atoms with Crippen LogP contribution in [0.4, 0.5) is 17.3 Å². The van der Waals surface area contributed by atoms with Crippen LogP contribution in [0, 0.1) is 5.92 Å². The van der Waals surface area contributed by atoms with Crippen LogP contribution in [0.15, 0.2) is 22.9 Å². The van der Waals surface area contributed by atoms with Gasteiger partial charge in [-0.15, -0.1) is 10.2 Å². The van der Waals surface area contributed by atoms with Gasteiger partial charge in [0.2, 0.25) is 11.7 Å². The third kappa shape index (κ3) is 5.03. The fourth-order valence-corrected chi connectivity index (χ4v) is 3.03. The molecule has 0 saturated heterocycles. The Labute approximate surface area is 192 Å². The van der Waals surface area contributed by atoms with Gasteiger partial charge in [-0.25, -0.2) is 4.98 Å². The Morgan fingerprint density at radius 2 is 2.21 bits per heavy atom. The number of pyridine rings is 1. The van der Waals surface area contributed by atoms with Crippen molar-refractivity contribution in [2.24, 2.45) is 5.92 Å². The summed E-state index contributed by atoms with van der Waals surface area (Å²) in [6.45, 7) is -3.22. The van der Waals surface area contributed by atoms with E-state index < -0.39 is 19.5 Å². The highest BCUT2D eigenvalue weighted by molar-refractivity contribution is 5.99. The molecule has 0 atom stereocenters. The lowest BCUT2D eigenvalue weighted by Crippen LogP contribution is -2.22. The molecule has 1 aliphatic rings. The number of nitrogens with one attached hydrogen (secondary N) is 3. The fraction of sp³-hybridized carbons (Fsp3) is 0.350.